The summed E-state index contributed by atoms with van der Waals surface area (Å²) >= 11 is 1.73. The van der Waals surface area contributed by atoms with E-state index in [0.29, 0.717) is 13.1 Å². The highest BCUT2D eigenvalue weighted by Crippen LogP contribution is 2.24. The van der Waals surface area contributed by atoms with Crippen molar-refractivity contribution in [3.8, 4) is 0 Å². The van der Waals surface area contributed by atoms with E-state index in [1.165, 1.54) is 20.7 Å². The largest absolute Gasteiger partial charge is 0.367 e. The molecule has 0 radical (unpaired) electrons. The summed E-state index contributed by atoms with van der Waals surface area (Å²) in [4.78, 5) is 15.4. The molecule has 2 aromatic rings. The van der Waals surface area contributed by atoms with E-state index in [2.05, 4.69) is 40.0 Å². The van der Waals surface area contributed by atoms with Crippen molar-refractivity contribution in [1.29, 1.82) is 0 Å². The van der Waals surface area contributed by atoms with E-state index in [9.17, 15) is 4.79 Å². The molecule has 0 saturated carbocycles. The summed E-state index contributed by atoms with van der Waals surface area (Å²) in [5, 5.41) is 10.7. The lowest BCUT2D eigenvalue weighted by Crippen LogP contribution is -2.38. The average molecular weight is 304 g/mol. The summed E-state index contributed by atoms with van der Waals surface area (Å²) in [5.74, 6) is 0.138. The van der Waals surface area contributed by atoms with E-state index < -0.39 is 0 Å². The maximum atomic E-state index is 12.3. The van der Waals surface area contributed by atoms with Gasteiger partial charge in [-0.15, -0.1) is 11.8 Å². The number of hydrogen-bond donors (Lipinski definition) is 1. The fourth-order valence-electron chi connectivity index (χ4n) is 2.42. The second-order valence-electron chi connectivity index (χ2n) is 4.89. The van der Waals surface area contributed by atoms with Gasteiger partial charge in [0.05, 0.1) is 0 Å². The average Bonchev–Trinajstić information content (AvgIpc) is 2.91. The van der Waals surface area contributed by atoms with Crippen LogP contribution < -0.4 is 5.73 Å². The van der Waals surface area contributed by atoms with Crippen LogP contribution in [0.3, 0.4) is 0 Å². The van der Waals surface area contributed by atoms with Crippen molar-refractivity contribution in [2.24, 2.45) is 0 Å². The van der Waals surface area contributed by atoms with E-state index in [4.69, 9.17) is 5.73 Å². The SMILES string of the molecule is CSc1ccc2c(c1)CCN(C(=O)Cn1nnnc1N)C2. The van der Waals surface area contributed by atoms with Gasteiger partial charge in [-0.3, -0.25) is 4.79 Å². The predicted molar refractivity (Wildman–Crippen MR) is 79.6 cm³/mol. The Labute approximate surface area is 126 Å². The van der Waals surface area contributed by atoms with Gasteiger partial charge in [0.25, 0.3) is 0 Å². The molecule has 0 aliphatic carbocycles. The molecule has 7 nitrogen and oxygen atoms in total. The van der Waals surface area contributed by atoms with Crippen LogP contribution in [0.25, 0.3) is 0 Å². The Hall–Kier alpha value is -2.09. The number of anilines is 1. The predicted octanol–water partition coefficient (Wildman–Crippen LogP) is 0.562. The summed E-state index contributed by atoms with van der Waals surface area (Å²) in [5.41, 5.74) is 8.11. The number of rotatable bonds is 3. The highest BCUT2D eigenvalue weighted by atomic mass is 32.2. The maximum Gasteiger partial charge on any atom is 0.244 e. The van der Waals surface area contributed by atoms with Gasteiger partial charge in [-0.05, 0) is 46.4 Å². The Balaban J connectivity index is 1.71. The lowest BCUT2D eigenvalue weighted by Gasteiger charge is -2.29. The molecule has 1 aliphatic rings. The highest BCUT2D eigenvalue weighted by Gasteiger charge is 2.22. The third-order valence-corrected chi connectivity index (χ3v) is 4.35. The number of hydrogen-bond acceptors (Lipinski definition) is 6. The zero-order valence-electron chi connectivity index (χ0n) is 11.7. The number of tetrazole rings is 1. The summed E-state index contributed by atoms with van der Waals surface area (Å²) in [7, 11) is 0. The summed E-state index contributed by atoms with van der Waals surface area (Å²) in [6, 6.07) is 6.41. The minimum Gasteiger partial charge on any atom is -0.367 e. The number of thioether (sulfide) groups is 1. The fraction of sp³-hybridized carbons (Fsp3) is 0.385. The standard InChI is InChI=1S/C13H16N6OS/c1-21-11-3-2-10-7-18(5-4-9(10)6-11)12(20)8-19-13(14)15-16-17-19/h2-3,6H,4-5,7-8H2,1H3,(H2,14,15,17). The molecule has 8 heteroatoms. The molecule has 21 heavy (non-hydrogen) atoms. The third-order valence-electron chi connectivity index (χ3n) is 3.62. The molecule has 1 aromatic carbocycles. The van der Waals surface area contributed by atoms with E-state index in [0.717, 1.165) is 6.42 Å². The second-order valence-corrected chi connectivity index (χ2v) is 5.77. The maximum absolute atomic E-state index is 12.3. The molecule has 0 spiro atoms. The van der Waals surface area contributed by atoms with Crippen molar-refractivity contribution < 1.29 is 4.79 Å². The molecule has 1 amide bonds. The molecule has 1 aromatic heterocycles. The Bertz CT molecular complexity index is 670. The zero-order valence-corrected chi connectivity index (χ0v) is 12.5. The Kier molecular flexibility index (Phi) is 3.78. The number of nitrogens with zero attached hydrogens (tertiary/aromatic N) is 5. The van der Waals surface area contributed by atoms with Gasteiger partial charge in [-0.1, -0.05) is 11.2 Å². The first-order chi connectivity index (χ1) is 10.2. The lowest BCUT2D eigenvalue weighted by atomic mass is 10.00. The molecule has 2 N–H and O–H groups in total. The monoisotopic (exact) mass is 304 g/mol. The normalized spacial score (nSPS) is 14.0. The van der Waals surface area contributed by atoms with Crippen LogP contribution in [0, 0.1) is 0 Å². The Morgan fingerprint density at radius 3 is 3.00 bits per heavy atom. The summed E-state index contributed by atoms with van der Waals surface area (Å²) in [6.07, 6.45) is 2.94. The number of fused-ring (bicyclic) bond motifs is 1. The lowest BCUT2D eigenvalue weighted by molar-refractivity contribution is -0.132. The van der Waals surface area contributed by atoms with Gasteiger partial charge in [-0.2, -0.15) is 0 Å². The van der Waals surface area contributed by atoms with Gasteiger partial charge in [0.1, 0.15) is 6.54 Å². The van der Waals surface area contributed by atoms with Crippen LogP contribution in [0.1, 0.15) is 11.1 Å². The van der Waals surface area contributed by atoms with Gasteiger partial charge >= 0.3 is 0 Å². The van der Waals surface area contributed by atoms with Crippen LogP contribution >= 0.6 is 11.8 Å². The highest BCUT2D eigenvalue weighted by molar-refractivity contribution is 7.98. The number of nitrogens with two attached hydrogens (primary N) is 1. The number of amides is 1. The first-order valence-corrected chi connectivity index (χ1v) is 7.85. The van der Waals surface area contributed by atoms with Crippen molar-refractivity contribution >= 4 is 23.6 Å². The van der Waals surface area contributed by atoms with E-state index in [-0.39, 0.29) is 18.4 Å². The Morgan fingerprint density at radius 2 is 2.29 bits per heavy atom. The number of nitrogen functional groups attached to an aromatic ring is 1. The van der Waals surface area contributed by atoms with Crippen LogP contribution in [0.2, 0.25) is 0 Å². The molecular formula is C13H16N6OS. The third kappa shape index (κ3) is 2.85. The summed E-state index contributed by atoms with van der Waals surface area (Å²) in [6.45, 7) is 1.42. The molecule has 0 fully saturated rings. The minimum absolute atomic E-state index is 0.0198. The molecule has 3 rings (SSSR count). The minimum atomic E-state index is -0.0198. The molecule has 0 bridgehead atoms. The summed E-state index contributed by atoms with van der Waals surface area (Å²) < 4.78 is 1.31. The molecule has 0 atom stereocenters. The van der Waals surface area contributed by atoms with Crippen LogP contribution in [-0.2, 0) is 24.3 Å². The smallest absolute Gasteiger partial charge is 0.244 e. The van der Waals surface area contributed by atoms with Crippen LogP contribution in [-0.4, -0.2) is 43.8 Å². The van der Waals surface area contributed by atoms with Crippen LogP contribution in [0.15, 0.2) is 23.1 Å². The fourth-order valence-corrected chi connectivity index (χ4v) is 2.89. The topological polar surface area (TPSA) is 89.9 Å². The van der Waals surface area contributed by atoms with E-state index in [1.807, 2.05) is 4.90 Å². The quantitative estimate of drug-likeness (QED) is 0.833. The van der Waals surface area contributed by atoms with E-state index >= 15 is 0 Å². The van der Waals surface area contributed by atoms with Crippen molar-refractivity contribution in [2.75, 3.05) is 18.5 Å². The second kappa shape index (κ2) is 5.72. The first-order valence-electron chi connectivity index (χ1n) is 6.62. The molecule has 2 heterocycles. The number of carbonyl (C=O) groups is 1. The molecule has 1 aliphatic heterocycles. The number of aromatic nitrogens is 4. The van der Waals surface area contributed by atoms with Crippen LogP contribution in [0.4, 0.5) is 5.95 Å². The molecule has 110 valence electrons. The number of carbonyl (C=O) groups excluding carboxylic acids is 1. The van der Waals surface area contributed by atoms with Crippen LogP contribution in [0.5, 0.6) is 0 Å². The molecule has 0 saturated heterocycles. The van der Waals surface area contributed by atoms with Crippen molar-refractivity contribution in [1.82, 2.24) is 25.1 Å². The van der Waals surface area contributed by atoms with Gasteiger partial charge in [0.15, 0.2) is 0 Å². The molecular weight excluding hydrogens is 288 g/mol. The van der Waals surface area contributed by atoms with Gasteiger partial charge in [0.2, 0.25) is 11.9 Å². The van der Waals surface area contributed by atoms with E-state index in [1.54, 1.807) is 11.8 Å². The zero-order chi connectivity index (χ0) is 14.8. The Morgan fingerprint density at radius 1 is 1.43 bits per heavy atom. The first kappa shape index (κ1) is 13.9. The number of benzene rings is 1. The van der Waals surface area contributed by atoms with Gasteiger partial charge < -0.3 is 10.6 Å². The van der Waals surface area contributed by atoms with Crippen molar-refractivity contribution in [2.45, 2.75) is 24.4 Å². The molecule has 0 unspecified atom stereocenters. The van der Waals surface area contributed by atoms with Gasteiger partial charge in [0, 0.05) is 18.0 Å². The van der Waals surface area contributed by atoms with Crippen molar-refractivity contribution in [3.05, 3.63) is 29.3 Å². The van der Waals surface area contributed by atoms with Gasteiger partial charge in [-0.25, -0.2) is 4.68 Å². The van der Waals surface area contributed by atoms with Crippen molar-refractivity contribution in [3.63, 3.8) is 0 Å².